The minimum absolute atomic E-state index is 0.0535. The lowest BCUT2D eigenvalue weighted by Crippen LogP contribution is -2.18. The van der Waals surface area contributed by atoms with Gasteiger partial charge in [0.1, 0.15) is 0 Å². The van der Waals surface area contributed by atoms with Gasteiger partial charge in [0.25, 0.3) is 5.91 Å². The molecule has 4 aromatic rings. The van der Waals surface area contributed by atoms with Crippen LogP contribution >= 0.6 is 11.6 Å². The van der Waals surface area contributed by atoms with Crippen LogP contribution in [0.3, 0.4) is 0 Å². The van der Waals surface area contributed by atoms with Crippen molar-refractivity contribution < 1.29 is 4.79 Å². The van der Waals surface area contributed by atoms with Crippen molar-refractivity contribution in [2.24, 2.45) is 10.2 Å². The molecule has 1 N–H and O–H groups in total. The van der Waals surface area contributed by atoms with E-state index in [1.807, 2.05) is 36.4 Å². The highest BCUT2D eigenvalue weighted by molar-refractivity contribution is 6.30. The molecule has 3 aromatic carbocycles. The van der Waals surface area contributed by atoms with Gasteiger partial charge in [-0.25, -0.2) is 5.43 Å². The highest BCUT2D eigenvalue weighted by Crippen LogP contribution is 2.37. The number of amides is 1. The van der Waals surface area contributed by atoms with Crippen LogP contribution in [-0.2, 0) is 0 Å². The smallest absolute Gasteiger partial charge is 0.267 e. The maximum Gasteiger partial charge on any atom is 0.271 e. The normalized spacial score (nSPS) is 15.2. The lowest BCUT2D eigenvalue weighted by atomic mass is 9.98. The Morgan fingerprint density at radius 1 is 0.972 bits per heavy atom. The van der Waals surface area contributed by atoms with Gasteiger partial charge in [-0.3, -0.25) is 14.8 Å². The van der Waals surface area contributed by atoms with Crippen LogP contribution in [0.1, 0.15) is 45.1 Å². The second-order valence-electron chi connectivity index (χ2n) is 8.56. The number of hydrogen-bond donors (Lipinski definition) is 1. The molecule has 1 aromatic heterocycles. The van der Waals surface area contributed by atoms with E-state index in [-0.39, 0.29) is 11.9 Å². The van der Waals surface area contributed by atoms with E-state index in [2.05, 4.69) is 63.8 Å². The van der Waals surface area contributed by atoms with E-state index in [1.165, 1.54) is 5.56 Å². The van der Waals surface area contributed by atoms with Crippen LogP contribution in [0, 0.1) is 6.92 Å². The van der Waals surface area contributed by atoms with Gasteiger partial charge in [0.2, 0.25) is 0 Å². The number of halogens is 1. The predicted molar refractivity (Wildman–Crippen MR) is 145 cm³/mol. The fourth-order valence-electron chi connectivity index (χ4n) is 4.06. The van der Waals surface area contributed by atoms with Crippen LogP contribution in [0.25, 0.3) is 0 Å². The molecule has 5 rings (SSSR count). The standard InChI is InChI=1S/C29H24ClN5O/c1-20-2-6-22(7-3-20)27-18-28(23-8-10-25(30)11-9-23)35(34-27)26-12-4-21(5-13-26)19-32-33-29(36)24-14-16-31-17-15-24/h2-17,19,28H,18H2,1H3,(H,33,36)/b32-19+. The summed E-state index contributed by atoms with van der Waals surface area (Å²) in [6, 6.07) is 27.7. The van der Waals surface area contributed by atoms with Gasteiger partial charge in [0.15, 0.2) is 0 Å². The average molecular weight is 494 g/mol. The molecule has 1 amide bonds. The van der Waals surface area contributed by atoms with Crippen LogP contribution in [-0.4, -0.2) is 22.8 Å². The first-order chi connectivity index (χ1) is 17.6. The molecule has 0 bridgehead atoms. The predicted octanol–water partition coefficient (Wildman–Crippen LogP) is 6.16. The van der Waals surface area contributed by atoms with Gasteiger partial charge >= 0.3 is 0 Å². The zero-order valence-electron chi connectivity index (χ0n) is 19.7. The summed E-state index contributed by atoms with van der Waals surface area (Å²) in [5.41, 5.74) is 9.40. The zero-order valence-corrected chi connectivity index (χ0v) is 20.4. The molecule has 7 heteroatoms. The number of hydrogen-bond acceptors (Lipinski definition) is 5. The molecule has 0 saturated carbocycles. The third-order valence-electron chi connectivity index (χ3n) is 6.03. The van der Waals surface area contributed by atoms with E-state index in [0.29, 0.717) is 10.6 Å². The molecule has 1 aliphatic rings. The third kappa shape index (κ3) is 5.34. The lowest BCUT2D eigenvalue weighted by Gasteiger charge is -2.24. The Kier molecular flexibility index (Phi) is 6.87. The van der Waals surface area contributed by atoms with Gasteiger partial charge in [-0.15, -0.1) is 0 Å². The summed E-state index contributed by atoms with van der Waals surface area (Å²) in [4.78, 5) is 16.1. The average Bonchev–Trinajstić information content (AvgIpc) is 3.36. The van der Waals surface area contributed by atoms with Crippen molar-refractivity contribution >= 4 is 35.1 Å². The number of aryl methyl sites for hydroxylation is 1. The summed E-state index contributed by atoms with van der Waals surface area (Å²) in [5, 5.41) is 11.9. The lowest BCUT2D eigenvalue weighted by molar-refractivity contribution is 0.0955. The fraction of sp³-hybridized carbons (Fsp3) is 0.103. The Morgan fingerprint density at radius 2 is 1.67 bits per heavy atom. The van der Waals surface area contributed by atoms with Crippen molar-refractivity contribution in [2.75, 3.05) is 5.01 Å². The van der Waals surface area contributed by atoms with Crippen LogP contribution in [0.15, 0.2) is 108 Å². The maximum absolute atomic E-state index is 12.1. The van der Waals surface area contributed by atoms with Gasteiger partial charge in [0.05, 0.1) is 23.7 Å². The molecule has 6 nitrogen and oxygen atoms in total. The molecule has 36 heavy (non-hydrogen) atoms. The Labute approximate surface area is 215 Å². The summed E-state index contributed by atoms with van der Waals surface area (Å²) < 4.78 is 0. The Balaban J connectivity index is 1.36. The second kappa shape index (κ2) is 10.5. The molecule has 0 radical (unpaired) electrons. The van der Waals surface area contributed by atoms with E-state index < -0.39 is 0 Å². The SMILES string of the molecule is Cc1ccc(C2=NN(c3ccc(/C=N/NC(=O)c4ccncc4)cc3)C(c3ccc(Cl)cc3)C2)cc1. The molecule has 1 unspecified atom stereocenters. The molecule has 0 saturated heterocycles. The van der Waals surface area contributed by atoms with Crippen molar-refractivity contribution in [3.63, 3.8) is 0 Å². The third-order valence-corrected chi connectivity index (χ3v) is 6.28. The van der Waals surface area contributed by atoms with E-state index >= 15 is 0 Å². The van der Waals surface area contributed by atoms with Crippen molar-refractivity contribution in [3.05, 3.63) is 130 Å². The van der Waals surface area contributed by atoms with Gasteiger partial charge < -0.3 is 0 Å². The Hall–Kier alpha value is -4.29. The second-order valence-corrected chi connectivity index (χ2v) is 8.99. The van der Waals surface area contributed by atoms with Crippen molar-refractivity contribution in [1.29, 1.82) is 0 Å². The topological polar surface area (TPSA) is 70.0 Å². The van der Waals surface area contributed by atoms with E-state index in [4.69, 9.17) is 16.7 Å². The fourth-order valence-corrected chi connectivity index (χ4v) is 4.19. The quantitative estimate of drug-likeness (QED) is 0.258. The van der Waals surface area contributed by atoms with Crippen molar-refractivity contribution in [3.8, 4) is 0 Å². The number of hydrazone groups is 2. The summed E-state index contributed by atoms with van der Waals surface area (Å²) in [6.45, 7) is 2.08. The highest BCUT2D eigenvalue weighted by Gasteiger charge is 2.29. The number of anilines is 1. The summed E-state index contributed by atoms with van der Waals surface area (Å²) in [5.74, 6) is -0.286. The van der Waals surface area contributed by atoms with Crippen LogP contribution in [0.2, 0.25) is 5.02 Å². The highest BCUT2D eigenvalue weighted by atomic mass is 35.5. The molecule has 0 spiro atoms. The number of nitrogens with zero attached hydrogens (tertiary/aromatic N) is 4. The summed E-state index contributed by atoms with van der Waals surface area (Å²) in [7, 11) is 0. The van der Waals surface area contributed by atoms with Crippen molar-refractivity contribution in [1.82, 2.24) is 10.4 Å². The van der Waals surface area contributed by atoms with Crippen LogP contribution in [0.5, 0.6) is 0 Å². The first kappa shape index (κ1) is 23.5. The van der Waals surface area contributed by atoms with Crippen molar-refractivity contribution in [2.45, 2.75) is 19.4 Å². The molecule has 1 atom stereocenters. The molecule has 178 valence electrons. The molecular weight excluding hydrogens is 470 g/mol. The number of rotatable bonds is 6. The van der Waals surface area contributed by atoms with E-state index in [9.17, 15) is 4.79 Å². The molecular formula is C29H24ClN5O. The van der Waals surface area contributed by atoms with Gasteiger partial charge in [-0.2, -0.15) is 10.2 Å². The van der Waals surface area contributed by atoms with Crippen LogP contribution in [0.4, 0.5) is 5.69 Å². The molecule has 0 fully saturated rings. The zero-order chi connectivity index (χ0) is 24.9. The van der Waals surface area contributed by atoms with E-state index in [1.54, 1.807) is 30.7 Å². The molecule has 2 heterocycles. The first-order valence-corrected chi connectivity index (χ1v) is 12.0. The van der Waals surface area contributed by atoms with E-state index in [0.717, 1.165) is 34.5 Å². The van der Waals surface area contributed by atoms with Gasteiger partial charge in [-0.05, 0) is 60.0 Å². The largest absolute Gasteiger partial charge is 0.271 e. The minimum Gasteiger partial charge on any atom is -0.267 e. The number of benzene rings is 3. The first-order valence-electron chi connectivity index (χ1n) is 11.6. The number of carbonyl (C=O) groups is 1. The number of pyridine rings is 1. The monoisotopic (exact) mass is 493 g/mol. The molecule has 1 aliphatic heterocycles. The number of aromatic nitrogens is 1. The van der Waals surface area contributed by atoms with Gasteiger partial charge in [0, 0.05) is 29.4 Å². The Morgan fingerprint density at radius 3 is 2.36 bits per heavy atom. The maximum atomic E-state index is 12.1. The number of carbonyl (C=O) groups excluding carboxylic acids is 1. The Bertz CT molecular complexity index is 1400. The number of nitrogens with one attached hydrogen (secondary N) is 1. The summed E-state index contributed by atoms with van der Waals surface area (Å²) >= 11 is 6.14. The van der Waals surface area contributed by atoms with Crippen LogP contribution < -0.4 is 10.4 Å². The minimum atomic E-state index is -0.286. The summed E-state index contributed by atoms with van der Waals surface area (Å²) in [6.07, 6.45) is 5.54. The molecule has 0 aliphatic carbocycles. The van der Waals surface area contributed by atoms with Gasteiger partial charge in [-0.1, -0.05) is 65.7 Å².